The molecule has 0 aromatic carbocycles. The Morgan fingerprint density at radius 2 is 1.73 bits per heavy atom. The van der Waals surface area contributed by atoms with Crippen LogP contribution in [0.1, 0.15) is 104 Å². The van der Waals surface area contributed by atoms with E-state index in [1.54, 1.807) is 0 Å². The van der Waals surface area contributed by atoms with E-state index >= 15 is 0 Å². The summed E-state index contributed by atoms with van der Waals surface area (Å²) in [5.74, 6) is -1.75. The Morgan fingerprint density at radius 3 is 2.25 bits per heavy atom. The van der Waals surface area contributed by atoms with Gasteiger partial charge in [0.1, 0.15) is 16.2 Å². The quantitative estimate of drug-likeness (QED) is 0.167. The number of aliphatic hydroxyl groups excluding tert-OH is 1. The number of ether oxygens (including phenoxy) is 1. The Balaban J connectivity index is 1.58. The molecule has 3 aliphatic carbocycles. The van der Waals surface area contributed by atoms with Crippen molar-refractivity contribution in [2.45, 2.75) is 122 Å². The maximum atomic E-state index is 13.2. The summed E-state index contributed by atoms with van der Waals surface area (Å²) in [5.41, 5.74) is -2.02. The number of amides is 3. The highest BCUT2D eigenvalue weighted by molar-refractivity contribution is 7.86. The fraction of sp³-hybridized carbons (Fsp3) is 0.893. The lowest BCUT2D eigenvalue weighted by atomic mass is 9.53. The molecular formula is C28H48N3O8S-. The predicted molar refractivity (Wildman–Crippen MR) is 148 cm³/mol. The van der Waals surface area contributed by atoms with E-state index in [-0.39, 0.29) is 36.7 Å². The molecule has 1 unspecified atom stereocenters. The van der Waals surface area contributed by atoms with E-state index in [1.807, 2.05) is 13.8 Å². The van der Waals surface area contributed by atoms with E-state index in [1.165, 1.54) is 25.7 Å². The maximum absolute atomic E-state index is 13.2. The maximum Gasteiger partial charge on any atom is 0.407 e. The SMILES string of the molecule is CCCCCC12CCC(COC(=O)N[C@@H](CC(C)C)C(=O)N[C@@H](C[C@@H]3CCNC3=O)C(O)S(=O)(=O)[O-])(CC1)CC2. The standard InChI is InChI=1S/C28H49N3O8S/c1-4-5-6-8-27-9-12-28(13-10-27,14-11-27)18-39-26(35)31-21(16-19(2)3)24(33)30-22(25(34)40(36,37)38)17-20-7-15-29-23(20)32/h19-22,25,34H,4-18H2,1-3H3,(H,29,32)(H,30,33)(H,31,35)(H,36,37,38)/p-1/t20-,21-,22-,25?,27?,28?/m0/s1. The Labute approximate surface area is 238 Å². The van der Waals surface area contributed by atoms with Crippen LogP contribution in [0, 0.1) is 22.7 Å². The summed E-state index contributed by atoms with van der Waals surface area (Å²) in [4.78, 5) is 38.0. The number of rotatable bonds is 15. The molecule has 1 saturated heterocycles. The van der Waals surface area contributed by atoms with Gasteiger partial charge in [-0.25, -0.2) is 13.2 Å². The largest absolute Gasteiger partial charge is 0.746 e. The normalized spacial score (nSPS) is 28.6. The molecule has 0 aromatic heterocycles. The van der Waals surface area contributed by atoms with E-state index in [4.69, 9.17) is 4.74 Å². The topological polar surface area (TPSA) is 174 Å². The lowest BCUT2D eigenvalue weighted by Gasteiger charge is -2.53. The van der Waals surface area contributed by atoms with Gasteiger partial charge in [-0.05, 0) is 75.5 Å². The van der Waals surface area contributed by atoms with Crippen molar-refractivity contribution < 1.29 is 37.2 Å². The molecule has 4 aliphatic rings. The average molecular weight is 587 g/mol. The molecule has 3 amide bonds. The third-order valence-corrected chi connectivity index (χ3v) is 10.3. The molecule has 0 spiro atoms. The molecule has 1 aliphatic heterocycles. The van der Waals surface area contributed by atoms with Gasteiger partial charge in [0.15, 0.2) is 5.44 Å². The molecule has 230 valence electrons. The first-order valence-electron chi connectivity index (χ1n) is 14.9. The van der Waals surface area contributed by atoms with Gasteiger partial charge < -0.3 is 30.3 Å². The lowest BCUT2D eigenvalue weighted by molar-refractivity contribution is -0.126. The van der Waals surface area contributed by atoms with Crippen LogP contribution in [-0.2, 0) is 24.4 Å². The second kappa shape index (κ2) is 13.8. The van der Waals surface area contributed by atoms with Crippen molar-refractivity contribution in [3.05, 3.63) is 0 Å². The first kappa shape index (κ1) is 32.6. The van der Waals surface area contributed by atoms with Crippen LogP contribution in [0.25, 0.3) is 0 Å². The Morgan fingerprint density at radius 1 is 1.10 bits per heavy atom. The molecule has 2 bridgehead atoms. The highest BCUT2D eigenvalue weighted by atomic mass is 32.2. The van der Waals surface area contributed by atoms with Crippen LogP contribution in [0.5, 0.6) is 0 Å². The molecule has 4 atom stereocenters. The minimum absolute atomic E-state index is 0.0145. The second-order valence-corrected chi connectivity index (χ2v) is 14.3. The predicted octanol–water partition coefficient (Wildman–Crippen LogP) is 2.92. The molecule has 4 fully saturated rings. The number of hydrogen-bond acceptors (Lipinski definition) is 8. The fourth-order valence-corrected chi connectivity index (χ4v) is 7.28. The molecule has 11 nitrogen and oxygen atoms in total. The van der Waals surface area contributed by atoms with Gasteiger partial charge in [0.2, 0.25) is 11.8 Å². The molecule has 1 heterocycles. The van der Waals surface area contributed by atoms with E-state index in [2.05, 4.69) is 22.9 Å². The molecule has 0 aromatic rings. The van der Waals surface area contributed by atoms with Gasteiger partial charge in [-0.2, -0.15) is 0 Å². The number of carbonyl (C=O) groups excluding carboxylic acids is 3. The average Bonchev–Trinajstić information content (AvgIpc) is 3.31. The molecule has 12 heteroatoms. The van der Waals surface area contributed by atoms with Gasteiger partial charge in [0.05, 0.1) is 12.6 Å². The summed E-state index contributed by atoms with van der Waals surface area (Å²) in [6.45, 7) is 6.61. The lowest BCUT2D eigenvalue weighted by Crippen LogP contribution is -2.55. The number of hydrogen-bond donors (Lipinski definition) is 4. The number of unbranched alkanes of at least 4 members (excludes halogenated alkanes) is 2. The van der Waals surface area contributed by atoms with Gasteiger partial charge in [-0.1, -0.05) is 40.0 Å². The third-order valence-electron chi connectivity index (χ3n) is 9.36. The van der Waals surface area contributed by atoms with Gasteiger partial charge in [0, 0.05) is 17.9 Å². The minimum Gasteiger partial charge on any atom is -0.746 e. The molecule has 0 radical (unpaired) electrons. The monoisotopic (exact) mass is 586 g/mol. The zero-order valence-corrected chi connectivity index (χ0v) is 25.0. The van der Waals surface area contributed by atoms with Crippen molar-refractivity contribution in [1.82, 2.24) is 16.0 Å². The zero-order valence-electron chi connectivity index (χ0n) is 24.2. The molecular weight excluding hydrogens is 538 g/mol. The zero-order chi connectivity index (χ0) is 29.6. The molecule has 4 N–H and O–H groups in total. The number of fused-ring (bicyclic) bond motifs is 3. The molecule has 40 heavy (non-hydrogen) atoms. The van der Waals surface area contributed by atoms with Gasteiger partial charge in [-0.3, -0.25) is 9.59 Å². The first-order valence-corrected chi connectivity index (χ1v) is 16.4. The highest BCUT2D eigenvalue weighted by Gasteiger charge is 2.48. The number of aliphatic hydroxyl groups is 1. The van der Waals surface area contributed by atoms with Gasteiger partial charge in [-0.15, -0.1) is 0 Å². The minimum atomic E-state index is -5.17. The number of carbonyl (C=O) groups is 3. The highest BCUT2D eigenvalue weighted by Crippen LogP contribution is 2.58. The van der Waals surface area contributed by atoms with Crippen molar-refractivity contribution >= 4 is 28.0 Å². The van der Waals surface area contributed by atoms with Gasteiger partial charge >= 0.3 is 6.09 Å². The van der Waals surface area contributed by atoms with E-state index in [0.717, 1.165) is 38.5 Å². The summed E-state index contributed by atoms with van der Waals surface area (Å²) in [6, 6.07) is -2.58. The summed E-state index contributed by atoms with van der Waals surface area (Å²) >= 11 is 0. The smallest absolute Gasteiger partial charge is 0.407 e. The van der Waals surface area contributed by atoms with Crippen molar-refractivity contribution in [2.75, 3.05) is 13.2 Å². The van der Waals surface area contributed by atoms with Crippen LogP contribution in [0.15, 0.2) is 0 Å². The second-order valence-electron chi connectivity index (χ2n) is 12.9. The Hall–Kier alpha value is -1.92. The number of nitrogens with one attached hydrogen (secondary N) is 3. The third kappa shape index (κ3) is 8.79. The van der Waals surface area contributed by atoms with Crippen molar-refractivity contribution in [3.63, 3.8) is 0 Å². The van der Waals surface area contributed by atoms with Crippen molar-refractivity contribution in [3.8, 4) is 0 Å². The summed E-state index contributed by atoms with van der Waals surface area (Å²) in [7, 11) is -5.17. The summed E-state index contributed by atoms with van der Waals surface area (Å²) in [5, 5.41) is 17.8. The van der Waals surface area contributed by atoms with Crippen molar-refractivity contribution in [2.24, 2.45) is 22.7 Å². The van der Waals surface area contributed by atoms with Crippen LogP contribution in [0.4, 0.5) is 4.79 Å². The summed E-state index contributed by atoms with van der Waals surface area (Å²) < 4.78 is 40.4. The van der Waals surface area contributed by atoms with E-state index < -0.39 is 45.6 Å². The van der Waals surface area contributed by atoms with Crippen molar-refractivity contribution in [1.29, 1.82) is 0 Å². The van der Waals surface area contributed by atoms with Crippen LogP contribution >= 0.6 is 0 Å². The van der Waals surface area contributed by atoms with Crippen LogP contribution in [-0.4, -0.2) is 66.7 Å². The number of alkyl carbamates (subject to hydrolysis) is 1. The van der Waals surface area contributed by atoms with Gasteiger partial charge in [0.25, 0.3) is 0 Å². The van der Waals surface area contributed by atoms with E-state index in [0.29, 0.717) is 18.4 Å². The fourth-order valence-electron chi connectivity index (χ4n) is 6.70. The Bertz CT molecular complexity index is 977. The van der Waals surface area contributed by atoms with E-state index in [9.17, 15) is 32.5 Å². The Kier molecular flexibility index (Phi) is 11.3. The summed E-state index contributed by atoms with van der Waals surface area (Å²) in [6.07, 6.45) is 11.3. The van der Waals surface area contributed by atoms with Crippen LogP contribution < -0.4 is 16.0 Å². The first-order chi connectivity index (χ1) is 18.8. The molecule has 3 saturated carbocycles. The van der Waals surface area contributed by atoms with Crippen LogP contribution in [0.3, 0.4) is 0 Å². The molecule has 4 rings (SSSR count). The van der Waals surface area contributed by atoms with Crippen LogP contribution in [0.2, 0.25) is 0 Å².